The average molecular weight is 391 g/mol. The van der Waals surface area contributed by atoms with Gasteiger partial charge in [0.2, 0.25) is 5.91 Å². The molecular formula is C23H25N3O3. The summed E-state index contributed by atoms with van der Waals surface area (Å²) >= 11 is 0. The summed E-state index contributed by atoms with van der Waals surface area (Å²) in [6.45, 7) is 0. The van der Waals surface area contributed by atoms with E-state index in [1.807, 2.05) is 18.2 Å². The van der Waals surface area contributed by atoms with Crippen LogP contribution >= 0.6 is 0 Å². The van der Waals surface area contributed by atoms with Crippen LogP contribution in [0.2, 0.25) is 0 Å². The van der Waals surface area contributed by atoms with E-state index in [9.17, 15) is 14.4 Å². The minimum Gasteiger partial charge on any atom is -0.326 e. The zero-order valence-corrected chi connectivity index (χ0v) is 16.2. The molecule has 3 amide bonds. The number of hydrogen-bond acceptors (Lipinski definition) is 3. The molecule has 29 heavy (non-hydrogen) atoms. The summed E-state index contributed by atoms with van der Waals surface area (Å²) < 4.78 is 0. The van der Waals surface area contributed by atoms with Crippen molar-refractivity contribution in [3.05, 3.63) is 54.6 Å². The van der Waals surface area contributed by atoms with Crippen molar-refractivity contribution in [2.45, 2.75) is 32.1 Å². The van der Waals surface area contributed by atoms with Crippen LogP contribution < -0.4 is 16.0 Å². The first kappa shape index (κ1) is 19.2. The van der Waals surface area contributed by atoms with Crippen molar-refractivity contribution in [1.29, 1.82) is 0 Å². The second-order valence-electron chi connectivity index (χ2n) is 7.91. The van der Waals surface area contributed by atoms with Crippen molar-refractivity contribution in [1.82, 2.24) is 0 Å². The van der Waals surface area contributed by atoms with Gasteiger partial charge in [-0.05, 0) is 56.0 Å². The van der Waals surface area contributed by atoms with Gasteiger partial charge in [-0.15, -0.1) is 0 Å². The number of Topliss-reactive ketones (excluding diaryl/α,β-unsaturated/α-hetero) is 1. The van der Waals surface area contributed by atoms with Crippen LogP contribution in [0.4, 0.5) is 21.9 Å². The number of carbonyl (C=O) groups excluding carboxylic acids is 3. The molecule has 2 bridgehead atoms. The topological polar surface area (TPSA) is 87.3 Å². The average Bonchev–Trinajstić information content (AvgIpc) is 2.68. The van der Waals surface area contributed by atoms with E-state index >= 15 is 0 Å². The van der Waals surface area contributed by atoms with Crippen LogP contribution in [0.15, 0.2) is 54.6 Å². The molecule has 2 atom stereocenters. The molecule has 0 saturated heterocycles. The van der Waals surface area contributed by atoms with Crippen molar-refractivity contribution in [3.8, 4) is 0 Å². The van der Waals surface area contributed by atoms with Gasteiger partial charge in [-0.1, -0.05) is 30.7 Å². The van der Waals surface area contributed by atoms with Gasteiger partial charge in [0.05, 0.1) is 0 Å². The van der Waals surface area contributed by atoms with Crippen molar-refractivity contribution in [2.24, 2.45) is 17.8 Å². The predicted octanol–water partition coefficient (Wildman–Crippen LogP) is 4.66. The van der Waals surface area contributed by atoms with E-state index in [0.717, 1.165) is 19.3 Å². The molecule has 2 aromatic rings. The van der Waals surface area contributed by atoms with Gasteiger partial charge in [0.1, 0.15) is 5.78 Å². The fourth-order valence-corrected chi connectivity index (χ4v) is 4.43. The van der Waals surface area contributed by atoms with Gasteiger partial charge in [0, 0.05) is 34.8 Å². The second-order valence-corrected chi connectivity index (χ2v) is 7.91. The molecule has 2 saturated carbocycles. The minimum absolute atomic E-state index is 0.0414. The molecule has 2 aromatic carbocycles. The number of benzene rings is 2. The van der Waals surface area contributed by atoms with E-state index < -0.39 is 0 Å². The molecule has 4 rings (SSSR count). The Morgan fingerprint density at radius 1 is 0.759 bits per heavy atom. The van der Waals surface area contributed by atoms with Gasteiger partial charge in [0.15, 0.2) is 0 Å². The first-order valence-electron chi connectivity index (χ1n) is 10.2. The monoisotopic (exact) mass is 391 g/mol. The number of amides is 3. The van der Waals surface area contributed by atoms with Crippen molar-refractivity contribution in [3.63, 3.8) is 0 Å². The molecular weight excluding hydrogens is 366 g/mol. The summed E-state index contributed by atoms with van der Waals surface area (Å²) in [6, 6.07) is 15.9. The number of hydrogen-bond donors (Lipinski definition) is 3. The Hall–Kier alpha value is -3.15. The van der Waals surface area contributed by atoms with E-state index in [2.05, 4.69) is 16.0 Å². The number of para-hydroxylation sites is 1. The molecule has 150 valence electrons. The molecule has 0 aliphatic heterocycles. The van der Waals surface area contributed by atoms with Crippen molar-refractivity contribution < 1.29 is 14.4 Å². The molecule has 0 spiro atoms. The molecule has 0 heterocycles. The van der Waals surface area contributed by atoms with E-state index in [4.69, 9.17) is 0 Å². The Morgan fingerprint density at radius 2 is 1.34 bits per heavy atom. The summed E-state index contributed by atoms with van der Waals surface area (Å²) in [4.78, 5) is 37.2. The molecule has 6 nitrogen and oxygen atoms in total. The SMILES string of the molecule is O=C(Nc1ccccc1)Nc1cccc(NC(=O)C2CC3CCCC(C2)C3=O)c1. The lowest BCUT2D eigenvalue weighted by Crippen LogP contribution is -2.40. The highest BCUT2D eigenvalue weighted by atomic mass is 16.2. The number of urea groups is 1. The minimum atomic E-state index is -0.349. The largest absolute Gasteiger partial charge is 0.326 e. The molecule has 0 radical (unpaired) electrons. The predicted molar refractivity (Wildman–Crippen MR) is 113 cm³/mol. The summed E-state index contributed by atoms with van der Waals surface area (Å²) in [6.07, 6.45) is 4.22. The lowest BCUT2D eigenvalue weighted by atomic mass is 9.67. The van der Waals surface area contributed by atoms with Gasteiger partial charge in [0.25, 0.3) is 0 Å². The third kappa shape index (κ3) is 4.65. The molecule has 2 aliphatic carbocycles. The Labute approximate surface area is 170 Å². The molecule has 6 heteroatoms. The van der Waals surface area contributed by atoms with Gasteiger partial charge >= 0.3 is 6.03 Å². The second kappa shape index (κ2) is 8.47. The molecule has 2 aliphatic rings. The summed E-state index contributed by atoms with van der Waals surface area (Å²) in [5, 5.41) is 8.49. The van der Waals surface area contributed by atoms with Gasteiger partial charge in [-0.2, -0.15) is 0 Å². The number of rotatable bonds is 4. The van der Waals surface area contributed by atoms with Gasteiger partial charge in [-0.3, -0.25) is 9.59 Å². The summed E-state index contributed by atoms with van der Waals surface area (Å²) in [5.41, 5.74) is 1.92. The van der Waals surface area contributed by atoms with Crippen LogP contribution in [0.3, 0.4) is 0 Å². The quantitative estimate of drug-likeness (QED) is 0.708. The normalized spacial score (nSPS) is 23.2. The maximum absolute atomic E-state index is 12.8. The first-order chi connectivity index (χ1) is 14.1. The van der Waals surface area contributed by atoms with Crippen LogP contribution in [0.1, 0.15) is 32.1 Å². The Bertz CT molecular complexity index is 897. The van der Waals surface area contributed by atoms with E-state index in [1.54, 1.807) is 36.4 Å². The summed E-state index contributed by atoms with van der Waals surface area (Å²) in [7, 11) is 0. The zero-order valence-electron chi connectivity index (χ0n) is 16.2. The Morgan fingerprint density at radius 3 is 2.03 bits per heavy atom. The maximum Gasteiger partial charge on any atom is 0.323 e. The van der Waals surface area contributed by atoms with Crippen LogP contribution in [0, 0.1) is 17.8 Å². The number of ketones is 1. The standard InChI is InChI=1S/C23H25N3O3/c27-21-15-6-4-7-16(21)13-17(12-15)22(28)24-19-10-5-11-20(14-19)26-23(29)25-18-8-2-1-3-9-18/h1-3,5,8-11,14-17H,4,6-7,12-13H2,(H,24,28)(H2,25,26,29). The first-order valence-corrected chi connectivity index (χ1v) is 10.2. The Balaban J connectivity index is 1.35. The third-order valence-electron chi connectivity index (χ3n) is 5.84. The Kier molecular flexibility index (Phi) is 5.60. The van der Waals surface area contributed by atoms with Gasteiger partial charge < -0.3 is 16.0 Å². The molecule has 3 N–H and O–H groups in total. The van der Waals surface area contributed by atoms with Crippen molar-refractivity contribution in [2.75, 3.05) is 16.0 Å². The van der Waals surface area contributed by atoms with Crippen molar-refractivity contribution >= 4 is 34.8 Å². The molecule has 2 unspecified atom stereocenters. The highest BCUT2D eigenvalue weighted by molar-refractivity contribution is 6.00. The maximum atomic E-state index is 12.8. The number of carbonyl (C=O) groups is 3. The van der Waals surface area contributed by atoms with Crippen LogP contribution in [0.5, 0.6) is 0 Å². The molecule has 2 fully saturated rings. The zero-order chi connectivity index (χ0) is 20.2. The van der Waals surface area contributed by atoms with Crippen LogP contribution in [-0.4, -0.2) is 17.7 Å². The van der Waals surface area contributed by atoms with E-state index in [-0.39, 0.29) is 29.7 Å². The van der Waals surface area contributed by atoms with Crippen LogP contribution in [-0.2, 0) is 9.59 Å². The number of fused-ring (bicyclic) bond motifs is 2. The van der Waals surface area contributed by atoms with Crippen LogP contribution in [0.25, 0.3) is 0 Å². The summed E-state index contributed by atoms with van der Waals surface area (Å²) in [5.74, 6) is 0.290. The van der Waals surface area contributed by atoms with E-state index in [0.29, 0.717) is 35.7 Å². The van der Waals surface area contributed by atoms with E-state index in [1.165, 1.54) is 0 Å². The highest BCUT2D eigenvalue weighted by Crippen LogP contribution is 2.40. The number of anilines is 3. The lowest BCUT2D eigenvalue weighted by Gasteiger charge is -2.36. The fourth-order valence-electron chi connectivity index (χ4n) is 4.43. The molecule has 0 aromatic heterocycles. The fraction of sp³-hybridized carbons (Fsp3) is 0.348. The number of nitrogens with one attached hydrogen (secondary N) is 3. The lowest BCUT2D eigenvalue weighted by molar-refractivity contribution is -0.136. The van der Waals surface area contributed by atoms with Gasteiger partial charge in [-0.25, -0.2) is 4.79 Å². The third-order valence-corrected chi connectivity index (χ3v) is 5.84. The highest BCUT2D eigenvalue weighted by Gasteiger charge is 2.41. The smallest absolute Gasteiger partial charge is 0.323 e.